The van der Waals surface area contributed by atoms with Gasteiger partial charge in [-0.05, 0) is 37.3 Å². The molecule has 0 aromatic heterocycles. The highest BCUT2D eigenvalue weighted by Gasteiger charge is 2.35. The average Bonchev–Trinajstić information content (AvgIpc) is 3.23. The van der Waals surface area contributed by atoms with Gasteiger partial charge in [-0.2, -0.15) is 11.8 Å². The molecule has 1 N–H and O–H groups in total. The van der Waals surface area contributed by atoms with E-state index in [0.717, 1.165) is 24.6 Å². The first kappa shape index (κ1) is 23.7. The average molecular weight is 520 g/mol. The van der Waals surface area contributed by atoms with E-state index < -0.39 is 22.2 Å². The minimum Gasteiger partial charge on any atom is -0.442 e. The number of halogens is 1. The number of para-hydroxylation sites is 1. The van der Waals surface area contributed by atoms with Gasteiger partial charge in [-0.1, -0.05) is 12.1 Å². The quantitative estimate of drug-likeness (QED) is 0.649. The third-order valence-corrected chi connectivity index (χ3v) is 8.47. The summed E-state index contributed by atoms with van der Waals surface area (Å²) in [6.07, 6.45) is -1.18. The van der Waals surface area contributed by atoms with Gasteiger partial charge < -0.3 is 14.5 Å². The van der Waals surface area contributed by atoms with Crippen molar-refractivity contribution >= 4 is 50.9 Å². The molecule has 186 valence electrons. The van der Waals surface area contributed by atoms with E-state index in [1.165, 1.54) is 11.0 Å². The van der Waals surface area contributed by atoms with Crippen LogP contribution < -0.4 is 19.4 Å². The van der Waals surface area contributed by atoms with E-state index in [1.54, 1.807) is 41.3 Å². The van der Waals surface area contributed by atoms with E-state index in [-0.39, 0.29) is 29.8 Å². The smallest absolute Gasteiger partial charge is 0.414 e. The summed E-state index contributed by atoms with van der Waals surface area (Å²) in [5.41, 5.74) is 1.50. The number of hydrogen-bond acceptors (Lipinski definition) is 7. The lowest BCUT2D eigenvalue weighted by Crippen LogP contribution is -2.49. The molecule has 35 heavy (non-hydrogen) atoms. The standard InChI is InChI=1S/C23H26FN5O4S2/c1-2-28-20-5-3-4-6-21(20)35(31,32)26-22(28)25-14-17-15-29(23(30)33-17)16-7-8-19(18(24)13-16)27-9-11-34-12-10-27/h3-8,13,17H,2,9-12,14-15H2,1H3,(H,25,26)/t17-/m0/s1. The van der Waals surface area contributed by atoms with Crippen LogP contribution in [0.25, 0.3) is 0 Å². The molecule has 0 radical (unpaired) electrons. The van der Waals surface area contributed by atoms with E-state index in [1.807, 2.05) is 23.6 Å². The summed E-state index contributed by atoms with van der Waals surface area (Å²) in [6, 6.07) is 11.5. The Morgan fingerprint density at radius 2 is 1.94 bits per heavy atom. The van der Waals surface area contributed by atoms with Gasteiger partial charge in [0.2, 0.25) is 5.96 Å². The van der Waals surface area contributed by atoms with Gasteiger partial charge in [0.15, 0.2) is 0 Å². The molecule has 0 spiro atoms. The van der Waals surface area contributed by atoms with Crippen molar-refractivity contribution in [2.75, 3.05) is 58.9 Å². The van der Waals surface area contributed by atoms with Crippen LogP contribution in [-0.4, -0.2) is 70.8 Å². The summed E-state index contributed by atoms with van der Waals surface area (Å²) in [5, 5.41) is 0. The van der Waals surface area contributed by atoms with Crippen molar-refractivity contribution in [3.8, 4) is 0 Å². The van der Waals surface area contributed by atoms with Crippen molar-refractivity contribution in [1.82, 2.24) is 4.72 Å². The lowest BCUT2D eigenvalue weighted by molar-refractivity contribution is 0.145. The number of hydrogen-bond donors (Lipinski definition) is 1. The summed E-state index contributed by atoms with van der Waals surface area (Å²) in [4.78, 5) is 22.3. The van der Waals surface area contributed by atoms with Gasteiger partial charge in [0.25, 0.3) is 10.0 Å². The van der Waals surface area contributed by atoms with Crippen LogP contribution in [0.15, 0.2) is 52.4 Å². The zero-order valence-corrected chi connectivity index (χ0v) is 20.8. The molecule has 2 saturated heterocycles. The van der Waals surface area contributed by atoms with Crippen LogP contribution in [0.3, 0.4) is 0 Å². The van der Waals surface area contributed by atoms with E-state index in [2.05, 4.69) is 9.71 Å². The fourth-order valence-corrected chi connectivity index (χ4v) is 6.57. The van der Waals surface area contributed by atoms with Crippen LogP contribution in [0, 0.1) is 5.82 Å². The fourth-order valence-electron chi connectivity index (χ4n) is 4.43. The number of thioether (sulfide) groups is 1. The molecule has 0 unspecified atom stereocenters. The maximum absolute atomic E-state index is 14.9. The fraction of sp³-hybridized carbons (Fsp3) is 0.391. The maximum Gasteiger partial charge on any atom is 0.414 e. The van der Waals surface area contributed by atoms with E-state index in [4.69, 9.17) is 4.74 Å². The van der Waals surface area contributed by atoms with E-state index >= 15 is 0 Å². The summed E-state index contributed by atoms with van der Waals surface area (Å²) in [6.45, 7) is 4.21. The molecular weight excluding hydrogens is 493 g/mol. The molecule has 12 heteroatoms. The maximum atomic E-state index is 14.9. The van der Waals surface area contributed by atoms with Gasteiger partial charge in [-0.15, -0.1) is 0 Å². The molecule has 3 heterocycles. The molecule has 5 rings (SSSR count). The highest BCUT2D eigenvalue weighted by molar-refractivity contribution is 7.99. The van der Waals surface area contributed by atoms with Gasteiger partial charge in [0.1, 0.15) is 16.8 Å². The monoisotopic (exact) mass is 519 g/mol. The van der Waals surface area contributed by atoms with E-state index in [9.17, 15) is 17.6 Å². The zero-order chi connectivity index (χ0) is 24.6. The van der Waals surface area contributed by atoms with E-state index in [0.29, 0.717) is 23.6 Å². The van der Waals surface area contributed by atoms with Gasteiger partial charge in [-0.3, -0.25) is 4.90 Å². The third kappa shape index (κ3) is 4.64. The second kappa shape index (κ2) is 9.57. The first-order valence-corrected chi connectivity index (χ1v) is 14.1. The summed E-state index contributed by atoms with van der Waals surface area (Å²) >= 11 is 1.85. The predicted octanol–water partition coefficient (Wildman–Crippen LogP) is 2.88. The summed E-state index contributed by atoms with van der Waals surface area (Å²) < 4.78 is 48.1. The second-order valence-corrected chi connectivity index (χ2v) is 11.2. The van der Waals surface area contributed by atoms with Gasteiger partial charge in [-0.25, -0.2) is 27.3 Å². The number of nitrogens with zero attached hydrogens (tertiary/aromatic N) is 4. The molecule has 1 amide bonds. The number of carbonyl (C=O) groups is 1. The van der Waals surface area contributed by atoms with Gasteiger partial charge in [0.05, 0.1) is 30.2 Å². The van der Waals surface area contributed by atoms with Gasteiger partial charge in [0, 0.05) is 31.1 Å². The Labute approximate surface area is 208 Å². The highest BCUT2D eigenvalue weighted by atomic mass is 32.2. The minimum atomic E-state index is -3.75. The number of sulfonamides is 1. The van der Waals surface area contributed by atoms with Crippen molar-refractivity contribution in [2.45, 2.75) is 17.9 Å². The number of amides is 1. The molecule has 2 aromatic carbocycles. The summed E-state index contributed by atoms with van der Waals surface area (Å²) in [5.74, 6) is 1.72. The Kier molecular flexibility index (Phi) is 6.49. The highest BCUT2D eigenvalue weighted by Crippen LogP contribution is 2.31. The van der Waals surface area contributed by atoms with Crippen molar-refractivity contribution in [3.05, 3.63) is 48.3 Å². The molecule has 0 aliphatic carbocycles. The Balaban J connectivity index is 1.30. The molecule has 2 aromatic rings. The van der Waals surface area contributed by atoms with Crippen molar-refractivity contribution in [2.24, 2.45) is 4.99 Å². The molecule has 0 bridgehead atoms. The van der Waals surface area contributed by atoms with Crippen molar-refractivity contribution < 1.29 is 22.3 Å². The van der Waals surface area contributed by atoms with Crippen LogP contribution in [-0.2, 0) is 14.8 Å². The van der Waals surface area contributed by atoms with Crippen molar-refractivity contribution in [1.29, 1.82) is 0 Å². The normalized spacial score (nSPS) is 22.7. The Bertz CT molecular complexity index is 1270. The molecule has 9 nitrogen and oxygen atoms in total. The number of cyclic esters (lactones) is 1. The molecule has 2 fully saturated rings. The minimum absolute atomic E-state index is 0.0603. The topological polar surface area (TPSA) is 94.5 Å². The Hall–Kier alpha value is -2.99. The number of guanidine groups is 1. The number of ether oxygens (including phenoxy) is 1. The SMILES string of the molecule is CCN1C(=NC[C@H]2CN(c3ccc(N4CCSCC4)c(F)c3)C(=O)O2)NS(=O)(=O)c2ccccc21. The lowest BCUT2D eigenvalue weighted by atomic mass is 10.2. The van der Waals surface area contributed by atoms with Crippen LogP contribution >= 0.6 is 11.8 Å². The largest absolute Gasteiger partial charge is 0.442 e. The molecule has 0 saturated carbocycles. The number of nitrogens with one attached hydrogen (secondary N) is 1. The third-order valence-electron chi connectivity index (χ3n) is 6.16. The molecule has 3 aliphatic rings. The number of fused-ring (bicyclic) bond motifs is 1. The Morgan fingerprint density at radius 1 is 1.17 bits per heavy atom. The number of aliphatic imine (C=N–C) groups is 1. The lowest BCUT2D eigenvalue weighted by Gasteiger charge is -2.31. The predicted molar refractivity (Wildman–Crippen MR) is 136 cm³/mol. The van der Waals surface area contributed by atoms with Crippen molar-refractivity contribution in [3.63, 3.8) is 0 Å². The molecular formula is C23H26FN5O4S2. The zero-order valence-electron chi connectivity index (χ0n) is 19.2. The first-order chi connectivity index (χ1) is 16.9. The van der Waals surface area contributed by atoms with Crippen LogP contribution in [0.4, 0.5) is 26.2 Å². The first-order valence-electron chi connectivity index (χ1n) is 11.4. The Morgan fingerprint density at radius 3 is 2.69 bits per heavy atom. The van der Waals surface area contributed by atoms with Gasteiger partial charge >= 0.3 is 6.09 Å². The number of rotatable bonds is 5. The summed E-state index contributed by atoms with van der Waals surface area (Å²) in [7, 11) is -3.75. The number of carbonyl (C=O) groups excluding carboxylic acids is 1. The molecule has 3 aliphatic heterocycles. The van der Waals surface area contributed by atoms with Crippen LogP contribution in [0.5, 0.6) is 0 Å². The van der Waals surface area contributed by atoms with Crippen LogP contribution in [0.1, 0.15) is 6.92 Å². The second-order valence-electron chi connectivity index (χ2n) is 8.33. The van der Waals surface area contributed by atoms with Crippen LogP contribution in [0.2, 0.25) is 0 Å². The number of benzene rings is 2. The molecule has 1 atom stereocenters. The number of anilines is 3.